The molecule has 28 heavy (non-hydrogen) atoms. The zero-order valence-electron chi connectivity index (χ0n) is 16.0. The number of halogens is 2. The third kappa shape index (κ3) is 8.51. The summed E-state index contributed by atoms with van der Waals surface area (Å²) in [7, 11) is 0. The fraction of sp³-hybridized carbons (Fsp3) is 0.579. The lowest BCUT2D eigenvalue weighted by Crippen LogP contribution is -2.38. The Morgan fingerprint density at radius 1 is 1.29 bits per heavy atom. The van der Waals surface area contributed by atoms with Gasteiger partial charge >= 0.3 is 6.61 Å². The molecule has 156 valence electrons. The van der Waals surface area contributed by atoms with Crippen LogP contribution in [0.5, 0.6) is 5.75 Å². The minimum atomic E-state index is -2.88. The van der Waals surface area contributed by atoms with E-state index in [1.54, 1.807) is 0 Å². The molecule has 2 rings (SSSR count). The number of nitrogens with zero attached hydrogens (tertiary/aromatic N) is 1. The zero-order chi connectivity index (χ0) is 20.4. The predicted octanol–water partition coefficient (Wildman–Crippen LogP) is 1.94. The summed E-state index contributed by atoms with van der Waals surface area (Å²) in [6.45, 7) is 0.392. The van der Waals surface area contributed by atoms with Gasteiger partial charge in [-0.15, -0.1) is 0 Å². The van der Waals surface area contributed by atoms with E-state index in [0.717, 1.165) is 12.8 Å². The molecule has 1 atom stereocenters. The number of ether oxygens (including phenoxy) is 1. The quantitative estimate of drug-likeness (QED) is 0.260. The molecule has 0 aliphatic heterocycles. The Balaban J connectivity index is 1.75. The molecule has 0 saturated heterocycles. The number of amides is 1. The van der Waals surface area contributed by atoms with Crippen LogP contribution in [-0.4, -0.2) is 49.3 Å². The summed E-state index contributed by atoms with van der Waals surface area (Å²) in [6, 6.07) is 6.18. The Bertz CT molecular complexity index is 637. The van der Waals surface area contributed by atoms with Crippen molar-refractivity contribution >= 4 is 11.9 Å². The van der Waals surface area contributed by atoms with Crippen LogP contribution in [0.1, 0.15) is 44.3 Å². The molecule has 1 fully saturated rings. The number of nitrogens with one attached hydrogen (secondary N) is 3. The molecule has 1 aromatic rings. The van der Waals surface area contributed by atoms with Crippen molar-refractivity contribution in [3.05, 3.63) is 29.8 Å². The summed E-state index contributed by atoms with van der Waals surface area (Å²) in [5.74, 6) is 0.651. The highest BCUT2D eigenvalue weighted by molar-refractivity contribution is 5.80. The van der Waals surface area contributed by atoms with Crippen LogP contribution in [-0.2, 0) is 4.79 Å². The van der Waals surface area contributed by atoms with Crippen molar-refractivity contribution in [1.29, 1.82) is 0 Å². The summed E-state index contributed by atoms with van der Waals surface area (Å²) in [4.78, 5) is 16.0. The second-order valence-corrected chi connectivity index (χ2v) is 6.56. The number of hydrogen-bond acceptors (Lipinski definition) is 4. The van der Waals surface area contributed by atoms with Gasteiger partial charge in [0, 0.05) is 25.6 Å². The summed E-state index contributed by atoms with van der Waals surface area (Å²) >= 11 is 0. The first-order valence-electron chi connectivity index (χ1n) is 9.52. The summed E-state index contributed by atoms with van der Waals surface area (Å²) < 4.78 is 28.6. The lowest BCUT2D eigenvalue weighted by Gasteiger charge is -2.14. The highest BCUT2D eigenvalue weighted by Crippen LogP contribution is 2.20. The van der Waals surface area contributed by atoms with Gasteiger partial charge in [-0.05, 0) is 43.9 Å². The molecule has 1 aliphatic rings. The Morgan fingerprint density at radius 2 is 2.00 bits per heavy atom. The van der Waals surface area contributed by atoms with Crippen molar-refractivity contribution < 1.29 is 23.4 Å². The Kier molecular flexibility index (Phi) is 8.93. The van der Waals surface area contributed by atoms with Gasteiger partial charge in [0.2, 0.25) is 5.91 Å². The average Bonchev–Trinajstić information content (AvgIpc) is 3.47. The van der Waals surface area contributed by atoms with E-state index in [1.165, 1.54) is 24.3 Å². The van der Waals surface area contributed by atoms with E-state index < -0.39 is 12.7 Å². The van der Waals surface area contributed by atoms with Crippen molar-refractivity contribution in [3.63, 3.8) is 0 Å². The first kappa shape index (κ1) is 21.9. The smallest absolute Gasteiger partial charge is 0.387 e. The van der Waals surface area contributed by atoms with Crippen LogP contribution < -0.4 is 20.7 Å². The van der Waals surface area contributed by atoms with Gasteiger partial charge < -0.3 is 25.8 Å². The minimum absolute atomic E-state index is 0.0372. The van der Waals surface area contributed by atoms with Crippen LogP contribution in [0.15, 0.2) is 29.3 Å². The number of rotatable bonds is 11. The largest absolute Gasteiger partial charge is 0.435 e. The number of benzene rings is 1. The van der Waals surface area contributed by atoms with E-state index in [9.17, 15) is 18.7 Å². The molecule has 1 saturated carbocycles. The summed E-state index contributed by atoms with van der Waals surface area (Å²) in [6.07, 6.45) is 2.41. The van der Waals surface area contributed by atoms with E-state index in [2.05, 4.69) is 25.7 Å². The lowest BCUT2D eigenvalue weighted by molar-refractivity contribution is -0.121. The van der Waals surface area contributed by atoms with E-state index in [1.807, 2.05) is 6.92 Å². The van der Waals surface area contributed by atoms with Crippen molar-refractivity contribution in [1.82, 2.24) is 16.0 Å². The van der Waals surface area contributed by atoms with Gasteiger partial charge in [0.1, 0.15) is 5.75 Å². The second kappa shape index (κ2) is 11.4. The average molecular weight is 398 g/mol. The predicted molar refractivity (Wildman–Crippen MR) is 102 cm³/mol. The monoisotopic (exact) mass is 398 g/mol. The van der Waals surface area contributed by atoms with Gasteiger partial charge in [0.15, 0.2) is 5.96 Å². The molecule has 1 aliphatic carbocycles. The molecule has 1 unspecified atom stereocenters. The topological polar surface area (TPSA) is 95.0 Å². The van der Waals surface area contributed by atoms with Crippen molar-refractivity contribution in [3.8, 4) is 5.75 Å². The standard InChI is InChI=1S/C19H28F2N4O3/c1-2-22-19(23-11-3-4-17(27)25-14-7-8-14)24-12-16(26)13-5-9-15(10-6-13)28-18(20)21/h5-6,9-10,14,16,18,26H,2-4,7-8,11-12H2,1H3,(H,25,27)(H2,22,23,24). The molecule has 0 aromatic heterocycles. The Hall–Kier alpha value is -2.42. The van der Waals surface area contributed by atoms with Gasteiger partial charge in [0.25, 0.3) is 0 Å². The summed E-state index contributed by atoms with van der Waals surface area (Å²) in [5.41, 5.74) is 0.554. The maximum Gasteiger partial charge on any atom is 0.387 e. The van der Waals surface area contributed by atoms with Gasteiger partial charge in [-0.1, -0.05) is 12.1 Å². The molecular weight excluding hydrogens is 370 g/mol. The second-order valence-electron chi connectivity index (χ2n) is 6.56. The molecule has 0 heterocycles. The maximum atomic E-state index is 12.2. The lowest BCUT2D eigenvalue weighted by atomic mass is 10.1. The summed E-state index contributed by atoms with van der Waals surface area (Å²) in [5, 5.41) is 19.4. The third-order valence-electron chi connectivity index (χ3n) is 4.07. The molecule has 9 heteroatoms. The van der Waals surface area contributed by atoms with Crippen LogP contribution in [0.2, 0.25) is 0 Å². The van der Waals surface area contributed by atoms with Crippen LogP contribution >= 0.6 is 0 Å². The molecular formula is C19H28F2N4O3. The number of alkyl halides is 2. The van der Waals surface area contributed by atoms with Gasteiger partial charge in [-0.3, -0.25) is 9.79 Å². The Morgan fingerprint density at radius 3 is 2.61 bits per heavy atom. The number of aliphatic hydroxyl groups excluding tert-OH is 1. The van der Waals surface area contributed by atoms with Crippen LogP contribution in [0.25, 0.3) is 0 Å². The third-order valence-corrected chi connectivity index (χ3v) is 4.07. The van der Waals surface area contributed by atoms with Gasteiger partial charge in [-0.2, -0.15) is 8.78 Å². The first-order valence-corrected chi connectivity index (χ1v) is 9.52. The first-order chi connectivity index (χ1) is 13.5. The number of guanidine groups is 1. The number of hydrogen-bond donors (Lipinski definition) is 4. The fourth-order valence-corrected chi connectivity index (χ4v) is 2.48. The van der Waals surface area contributed by atoms with Gasteiger partial charge in [-0.25, -0.2) is 0 Å². The highest BCUT2D eigenvalue weighted by Gasteiger charge is 2.22. The van der Waals surface area contributed by atoms with Crippen molar-refractivity contribution in [2.24, 2.45) is 4.99 Å². The number of aliphatic imine (C=N–C) groups is 1. The highest BCUT2D eigenvalue weighted by atomic mass is 19.3. The van der Waals surface area contributed by atoms with Crippen LogP contribution in [0.4, 0.5) is 8.78 Å². The molecule has 0 spiro atoms. The van der Waals surface area contributed by atoms with Crippen LogP contribution in [0.3, 0.4) is 0 Å². The van der Waals surface area contributed by atoms with Crippen LogP contribution in [0, 0.1) is 0 Å². The molecule has 1 aromatic carbocycles. The molecule has 0 radical (unpaired) electrons. The number of carbonyl (C=O) groups is 1. The van der Waals surface area contributed by atoms with E-state index >= 15 is 0 Å². The van der Waals surface area contributed by atoms with E-state index in [-0.39, 0.29) is 18.2 Å². The molecule has 0 bridgehead atoms. The molecule has 1 amide bonds. The van der Waals surface area contributed by atoms with Gasteiger partial charge in [0.05, 0.1) is 12.6 Å². The normalized spacial score (nSPS) is 15.2. The number of carbonyl (C=O) groups excluding carboxylic acids is 1. The SMILES string of the molecule is CCNC(=NCC(O)c1ccc(OC(F)F)cc1)NCCCC(=O)NC1CC1. The fourth-order valence-electron chi connectivity index (χ4n) is 2.48. The number of aliphatic hydroxyl groups is 1. The van der Waals surface area contributed by atoms with E-state index in [4.69, 9.17) is 0 Å². The van der Waals surface area contributed by atoms with Crippen molar-refractivity contribution in [2.75, 3.05) is 19.6 Å². The van der Waals surface area contributed by atoms with E-state index in [0.29, 0.717) is 43.5 Å². The van der Waals surface area contributed by atoms with Crippen molar-refractivity contribution in [2.45, 2.75) is 51.4 Å². The molecule has 4 N–H and O–H groups in total. The molecule has 7 nitrogen and oxygen atoms in total. The zero-order valence-corrected chi connectivity index (χ0v) is 16.0. The maximum absolute atomic E-state index is 12.2. The minimum Gasteiger partial charge on any atom is -0.435 e. The Labute approximate surface area is 163 Å².